The van der Waals surface area contributed by atoms with Crippen molar-refractivity contribution in [3.8, 4) is 5.75 Å². The molecule has 0 aromatic heterocycles. The van der Waals surface area contributed by atoms with Crippen molar-refractivity contribution < 1.29 is 27.8 Å². The Labute approximate surface area is 151 Å². The molecule has 0 fully saturated rings. The van der Waals surface area contributed by atoms with Gasteiger partial charge in [-0.1, -0.05) is 12.1 Å². The molecule has 1 aromatic rings. The Hall–Kier alpha value is -2.00. The summed E-state index contributed by atoms with van der Waals surface area (Å²) in [4.78, 5) is 4.39. The van der Waals surface area contributed by atoms with E-state index < -0.39 is 18.1 Å². The van der Waals surface area contributed by atoms with Crippen LogP contribution in [0.3, 0.4) is 0 Å². The molecule has 0 saturated carbocycles. The van der Waals surface area contributed by atoms with Gasteiger partial charge in [0.05, 0.1) is 18.2 Å². The van der Waals surface area contributed by atoms with E-state index in [1.807, 2.05) is 20.8 Å². The highest BCUT2D eigenvalue weighted by Crippen LogP contribution is 2.24. The first-order valence-corrected chi connectivity index (χ1v) is 8.17. The number of ether oxygens (including phenoxy) is 2. The Morgan fingerprint density at radius 3 is 2.31 bits per heavy atom. The van der Waals surface area contributed by atoms with Crippen LogP contribution in [-0.4, -0.2) is 49.8 Å². The first-order chi connectivity index (χ1) is 12.1. The molecule has 0 saturated heterocycles. The summed E-state index contributed by atoms with van der Waals surface area (Å²) in [5.41, 5.74) is 0.0371. The van der Waals surface area contributed by atoms with E-state index in [2.05, 4.69) is 20.4 Å². The van der Waals surface area contributed by atoms with Crippen molar-refractivity contribution >= 4 is 5.96 Å². The standard InChI is InChI=1S/C17H26F3N3O3/c1-5-21-15(23-11-16(2,3)25-4)22-10-14(24)12-6-8-13(9-7-12)26-17(18,19)20/h6-9,14,24H,5,10-11H2,1-4H3,(H2,21,22,23). The number of alkyl halides is 3. The van der Waals surface area contributed by atoms with E-state index >= 15 is 0 Å². The lowest BCUT2D eigenvalue weighted by Crippen LogP contribution is -2.40. The molecule has 1 atom stereocenters. The molecule has 0 heterocycles. The number of aliphatic hydroxyl groups is 1. The Morgan fingerprint density at radius 1 is 1.19 bits per heavy atom. The zero-order chi connectivity index (χ0) is 19.8. The van der Waals surface area contributed by atoms with Crippen molar-refractivity contribution in [2.45, 2.75) is 38.8 Å². The van der Waals surface area contributed by atoms with Gasteiger partial charge in [-0.25, -0.2) is 0 Å². The van der Waals surface area contributed by atoms with Gasteiger partial charge in [0.25, 0.3) is 0 Å². The lowest BCUT2D eigenvalue weighted by Gasteiger charge is -2.22. The van der Waals surface area contributed by atoms with Crippen molar-refractivity contribution in [2.24, 2.45) is 4.99 Å². The Balaban J connectivity index is 2.64. The number of hydrogen-bond donors (Lipinski definition) is 3. The van der Waals surface area contributed by atoms with Gasteiger partial charge in [-0.2, -0.15) is 0 Å². The van der Waals surface area contributed by atoms with Crippen LogP contribution in [0.25, 0.3) is 0 Å². The molecule has 0 spiro atoms. The van der Waals surface area contributed by atoms with E-state index in [9.17, 15) is 18.3 Å². The fraction of sp³-hybridized carbons (Fsp3) is 0.588. The second-order valence-electron chi connectivity index (χ2n) is 6.17. The molecule has 0 radical (unpaired) electrons. The first kappa shape index (κ1) is 22.0. The van der Waals surface area contributed by atoms with Gasteiger partial charge in [-0.3, -0.25) is 4.99 Å². The predicted molar refractivity (Wildman–Crippen MR) is 93.2 cm³/mol. The molecule has 9 heteroatoms. The third-order valence-corrected chi connectivity index (χ3v) is 3.48. The van der Waals surface area contributed by atoms with E-state index in [1.165, 1.54) is 12.1 Å². The molecule has 1 rings (SSSR count). The van der Waals surface area contributed by atoms with Gasteiger partial charge in [-0.05, 0) is 38.5 Å². The van der Waals surface area contributed by atoms with E-state index in [4.69, 9.17) is 4.74 Å². The van der Waals surface area contributed by atoms with Crippen molar-refractivity contribution in [2.75, 3.05) is 26.7 Å². The molecule has 3 N–H and O–H groups in total. The van der Waals surface area contributed by atoms with E-state index in [-0.39, 0.29) is 12.3 Å². The van der Waals surface area contributed by atoms with Gasteiger partial charge in [0.2, 0.25) is 0 Å². The summed E-state index contributed by atoms with van der Waals surface area (Å²) in [6.07, 6.45) is -5.66. The SMILES string of the molecule is CCNC(=NCC(C)(C)OC)NCC(O)c1ccc(OC(F)(F)F)cc1. The second-order valence-corrected chi connectivity index (χ2v) is 6.17. The van der Waals surface area contributed by atoms with Crippen molar-refractivity contribution in [3.05, 3.63) is 29.8 Å². The molecule has 148 valence electrons. The number of aliphatic hydroxyl groups excluding tert-OH is 1. The van der Waals surface area contributed by atoms with Crippen LogP contribution in [0.4, 0.5) is 13.2 Å². The molecule has 26 heavy (non-hydrogen) atoms. The van der Waals surface area contributed by atoms with Crippen LogP contribution in [0.15, 0.2) is 29.3 Å². The number of methoxy groups -OCH3 is 1. The smallest absolute Gasteiger partial charge is 0.406 e. The summed E-state index contributed by atoms with van der Waals surface area (Å²) in [6, 6.07) is 5.08. The van der Waals surface area contributed by atoms with E-state index in [1.54, 1.807) is 7.11 Å². The van der Waals surface area contributed by atoms with Gasteiger partial charge < -0.3 is 25.2 Å². The highest BCUT2D eigenvalue weighted by molar-refractivity contribution is 5.79. The zero-order valence-electron chi connectivity index (χ0n) is 15.4. The highest BCUT2D eigenvalue weighted by Gasteiger charge is 2.31. The highest BCUT2D eigenvalue weighted by atomic mass is 19.4. The number of hydrogen-bond acceptors (Lipinski definition) is 4. The lowest BCUT2D eigenvalue weighted by molar-refractivity contribution is -0.274. The lowest BCUT2D eigenvalue weighted by atomic mass is 10.1. The number of nitrogens with zero attached hydrogens (tertiary/aromatic N) is 1. The number of benzene rings is 1. The normalized spacial score (nSPS) is 14.1. The van der Waals surface area contributed by atoms with Crippen LogP contribution in [0.5, 0.6) is 5.75 Å². The van der Waals surface area contributed by atoms with Crippen molar-refractivity contribution in [1.29, 1.82) is 0 Å². The molecule has 0 bridgehead atoms. The summed E-state index contributed by atoms with van der Waals surface area (Å²) in [7, 11) is 1.60. The topological polar surface area (TPSA) is 75.1 Å². The Morgan fingerprint density at radius 2 is 1.81 bits per heavy atom. The predicted octanol–water partition coefficient (Wildman–Crippen LogP) is 2.60. The average Bonchev–Trinajstić information content (AvgIpc) is 2.56. The molecular weight excluding hydrogens is 351 g/mol. The molecule has 6 nitrogen and oxygen atoms in total. The Bertz CT molecular complexity index is 575. The number of nitrogens with one attached hydrogen (secondary N) is 2. The molecular formula is C17H26F3N3O3. The monoisotopic (exact) mass is 377 g/mol. The minimum Gasteiger partial charge on any atom is -0.406 e. The van der Waals surface area contributed by atoms with Gasteiger partial charge >= 0.3 is 6.36 Å². The van der Waals surface area contributed by atoms with Crippen LogP contribution >= 0.6 is 0 Å². The van der Waals surface area contributed by atoms with Crippen LogP contribution < -0.4 is 15.4 Å². The summed E-state index contributed by atoms with van der Waals surface area (Å²) < 4.78 is 45.6. The zero-order valence-corrected chi connectivity index (χ0v) is 15.4. The fourth-order valence-electron chi connectivity index (χ4n) is 1.88. The van der Waals surface area contributed by atoms with Crippen LogP contribution in [0.2, 0.25) is 0 Å². The minimum absolute atomic E-state index is 0.138. The number of guanidine groups is 1. The van der Waals surface area contributed by atoms with E-state index in [0.29, 0.717) is 24.6 Å². The first-order valence-electron chi connectivity index (χ1n) is 8.17. The third kappa shape index (κ3) is 8.39. The Kier molecular flexibility index (Phi) is 8.16. The minimum atomic E-state index is -4.74. The molecule has 0 aliphatic rings. The number of rotatable bonds is 8. The summed E-state index contributed by atoms with van der Waals surface area (Å²) in [5, 5.41) is 16.2. The summed E-state index contributed by atoms with van der Waals surface area (Å²) in [5.74, 6) is 0.173. The van der Waals surface area contributed by atoms with Crippen molar-refractivity contribution in [3.63, 3.8) is 0 Å². The summed E-state index contributed by atoms with van der Waals surface area (Å²) in [6.45, 7) is 6.91. The number of halogens is 3. The fourth-order valence-corrected chi connectivity index (χ4v) is 1.88. The molecule has 0 aliphatic carbocycles. The summed E-state index contributed by atoms with van der Waals surface area (Å²) >= 11 is 0. The van der Waals surface area contributed by atoms with Crippen LogP contribution in [0, 0.1) is 0 Å². The van der Waals surface area contributed by atoms with Gasteiger partial charge in [0.15, 0.2) is 5.96 Å². The largest absolute Gasteiger partial charge is 0.573 e. The third-order valence-electron chi connectivity index (χ3n) is 3.48. The maximum Gasteiger partial charge on any atom is 0.573 e. The molecule has 1 aromatic carbocycles. The maximum absolute atomic E-state index is 12.2. The molecule has 1 unspecified atom stereocenters. The van der Waals surface area contributed by atoms with Gasteiger partial charge in [0.1, 0.15) is 5.75 Å². The molecule has 0 aliphatic heterocycles. The average molecular weight is 377 g/mol. The van der Waals surface area contributed by atoms with Crippen molar-refractivity contribution in [1.82, 2.24) is 10.6 Å². The van der Waals surface area contributed by atoms with E-state index in [0.717, 1.165) is 12.1 Å². The quantitative estimate of drug-likeness (QED) is 0.480. The van der Waals surface area contributed by atoms with Crippen LogP contribution in [0.1, 0.15) is 32.4 Å². The van der Waals surface area contributed by atoms with Gasteiger partial charge in [-0.15, -0.1) is 13.2 Å². The maximum atomic E-state index is 12.2. The molecule has 0 amide bonds. The second kappa shape index (κ2) is 9.63. The number of aliphatic imine (C=N–C) groups is 1. The van der Waals surface area contributed by atoms with Gasteiger partial charge in [0, 0.05) is 20.2 Å². The van der Waals surface area contributed by atoms with Crippen LogP contribution in [-0.2, 0) is 4.74 Å².